The van der Waals surface area contributed by atoms with E-state index in [0.717, 1.165) is 69.9 Å². The minimum Gasteiger partial charge on any atom is -0.309 e. The lowest BCUT2D eigenvalue weighted by Gasteiger charge is -2.27. The molecule has 9 aromatic carbocycles. The van der Waals surface area contributed by atoms with Crippen LogP contribution in [0.5, 0.6) is 0 Å². The van der Waals surface area contributed by atoms with E-state index in [9.17, 15) is 0 Å². The van der Waals surface area contributed by atoms with Crippen molar-refractivity contribution >= 4 is 34.7 Å². The summed E-state index contributed by atoms with van der Waals surface area (Å²) in [5.41, 5.74) is 28.8. The van der Waals surface area contributed by atoms with E-state index in [1.54, 1.807) is 5.57 Å². The van der Waals surface area contributed by atoms with Crippen LogP contribution in [0.25, 0.3) is 77.8 Å². The zero-order valence-electron chi connectivity index (χ0n) is 44.3. The first-order valence-electron chi connectivity index (χ1n) is 28.6. The van der Waals surface area contributed by atoms with Crippen LogP contribution in [0, 0.1) is 0 Å². The van der Waals surface area contributed by atoms with Crippen molar-refractivity contribution in [1.29, 1.82) is 0 Å². The Kier molecular flexibility index (Phi) is 11.6. The minimum absolute atomic E-state index is 0.00596. The van der Waals surface area contributed by atoms with Gasteiger partial charge in [0.15, 0.2) is 13.1 Å². The number of benzene rings is 9. The van der Waals surface area contributed by atoms with Crippen LogP contribution in [0.2, 0.25) is 6.32 Å². The Labute approximate surface area is 459 Å². The summed E-state index contributed by atoms with van der Waals surface area (Å²) in [5.74, 6) is 3.64. The molecule has 3 atom stereocenters. The number of hydrogen-bond acceptors (Lipinski definition) is 2. The largest absolute Gasteiger partial charge is 0.309 e. The Balaban J connectivity index is 0.962. The number of aryl methyl sites for hydroxylation is 2. The third-order valence-electron chi connectivity index (χ3n) is 18.1. The van der Waals surface area contributed by atoms with E-state index in [1.165, 1.54) is 122 Å². The molecule has 0 N–H and O–H groups in total. The molecule has 0 fully saturated rings. The van der Waals surface area contributed by atoms with Crippen molar-refractivity contribution < 1.29 is 0 Å². The lowest BCUT2D eigenvalue weighted by atomic mass is 9.66. The molecule has 4 aliphatic rings. The summed E-state index contributed by atoms with van der Waals surface area (Å²) in [5, 5.41) is 2.55. The molecular formula is C74H60BN3. The highest BCUT2D eigenvalue weighted by Crippen LogP contribution is 2.51. The van der Waals surface area contributed by atoms with E-state index >= 15 is 0 Å². The summed E-state index contributed by atoms with van der Waals surface area (Å²) in [6.45, 7) is 2.35. The number of allylic oxidation sites excluding steroid dienone is 3. The molecule has 78 heavy (non-hydrogen) atoms. The number of hydrogen-bond donors (Lipinski definition) is 0. The van der Waals surface area contributed by atoms with Gasteiger partial charge in [-0.2, -0.15) is 0 Å². The van der Waals surface area contributed by atoms with E-state index in [-0.39, 0.29) is 11.8 Å². The third-order valence-corrected chi connectivity index (χ3v) is 18.1. The first-order valence-corrected chi connectivity index (χ1v) is 28.6. The van der Waals surface area contributed by atoms with Crippen molar-refractivity contribution in [2.24, 2.45) is 0 Å². The summed E-state index contributed by atoms with van der Waals surface area (Å²) in [7, 11) is 1.11. The van der Waals surface area contributed by atoms with Crippen molar-refractivity contribution in [3.63, 3.8) is 0 Å². The molecule has 2 aromatic heterocycles. The monoisotopic (exact) mass is 1000 g/mol. The minimum atomic E-state index is 0.00596. The fourth-order valence-electron chi connectivity index (χ4n) is 14.4. The SMILES string of the molecule is CCc1c(C2CCC3=C(C=CBC3)c3ccccc32)nc(-c2ccc(-c3ccccc3)cc2)nc1C1CCc2ccccc2-c2c1ccc1c3ccccc3n(-c3ccc4c(c3)-c3ccccc3C(c3ccccc3)CC4)c21. The van der Waals surface area contributed by atoms with Gasteiger partial charge in [0.25, 0.3) is 0 Å². The quantitative estimate of drug-likeness (QED) is 0.149. The van der Waals surface area contributed by atoms with Crippen LogP contribution >= 0.6 is 0 Å². The maximum absolute atomic E-state index is 5.92. The van der Waals surface area contributed by atoms with Gasteiger partial charge in [-0.15, -0.1) is 5.98 Å². The highest BCUT2D eigenvalue weighted by Gasteiger charge is 2.35. The molecule has 15 rings (SSSR count). The van der Waals surface area contributed by atoms with Gasteiger partial charge in [0, 0.05) is 45.3 Å². The molecular weight excluding hydrogens is 942 g/mol. The second-order valence-corrected chi connectivity index (χ2v) is 22.2. The first-order chi connectivity index (χ1) is 38.7. The zero-order chi connectivity index (χ0) is 51.7. The summed E-state index contributed by atoms with van der Waals surface area (Å²) in [6, 6.07) is 79.9. The Morgan fingerprint density at radius 2 is 1.10 bits per heavy atom. The van der Waals surface area contributed by atoms with Gasteiger partial charge in [-0.1, -0.05) is 219 Å². The van der Waals surface area contributed by atoms with Gasteiger partial charge >= 0.3 is 0 Å². The van der Waals surface area contributed by atoms with Crippen LogP contribution in [-0.4, -0.2) is 21.8 Å². The summed E-state index contributed by atoms with van der Waals surface area (Å²) in [4.78, 5) is 11.8. The number of aromatic nitrogens is 3. The molecule has 374 valence electrons. The van der Waals surface area contributed by atoms with Gasteiger partial charge in [-0.25, -0.2) is 9.97 Å². The van der Waals surface area contributed by atoms with E-state index in [1.807, 2.05) is 0 Å². The van der Waals surface area contributed by atoms with Crippen LogP contribution in [0.3, 0.4) is 0 Å². The fourth-order valence-corrected chi connectivity index (χ4v) is 14.4. The number of fused-ring (bicyclic) bond motifs is 12. The maximum atomic E-state index is 5.92. The van der Waals surface area contributed by atoms with Gasteiger partial charge in [-0.3, -0.25) is 0 Å². The van der Waals surface area contributed by atoms with Gasteiger partial charge in [0.1, 0.15) is 0 Å². The Bertz CT molecular complexity index is 4200. The molecule has 3 heterocycles. The van der Waals surface area contributed by atoms with E-state index in [0.29, 0.717) is 5.92 Å². The molecule has 4 heteroatoms. The molecule has 3 unspecified atom stereocenters. The van der Waals surface area contributed by atoms with Gasteiger partial charge in [0.05, 0.1) is 22.4 Å². The summed E-state index contributed by atoms with van der Waals surface area (Å²) >= 11 is 0. The van der Waals surface area contributed by atoms with Crippen LogP contribution in [-0.2, 0) is 19.3 Å². The second kappa shape index (κ2) is 19.5. The maximum Gasteiger partial charge on any atom is 0.159 e. The number of nitrogens with zero attached hydrogens (tertiary/aromatic N) is 3. The lowest BCUT2D eigenvalue weighted by molar-refractivity contribution is 0.656. The molecule has 0 amide bonds. The highest BCUT2D eigenvalue weighted by molar-refractivity contribution is 6.44. The standard InChI is InChI=1S/C74H60BN3/c1-2-55-71(65-40-36-53-46-75-44-43-57(53)60-24-11-13-25-61(60)65)76-74(52-31-29-48(30-32-52)47-17-5-3-6-18-47)77-72(55)66-39-35-50-21-9-10-22-58(50)70-64(66)41-42-67-63-27-15-16-28-69(63)78(73(67)70)54-37-33-51-34-38-56(49-19-7-4-8-20-49)59-23-12-14-26-62(59)68(51)45-54/h3-33,37,41-45,56,65-66,75H,2,34-36,38-40,46H2,1H3. The first kappa shape index (κ1) is 46.7. The Hall–Kier alpha value is -8.60. The topological polar surface area (TPSA) is 30.7 Å². The highest BCUT2D eigenvalue weighted by atomic mass is 15.0. The zero-order valence-corrected chi connectivity index (χ0v) is 44.3. The van der Waals surface area contributed by atoms with Gasteiger partial charge in [-0.05, 0) is 141 Å². The molecule has 3 nitrogen and oxygen atoms in total. The fraction of sp³-hybridized carbons (Fsp3) is 0.162. The third kappa shape index (κ3) is 7.78. The molecule has 3 aliphatic carbocycles. The molecule has 0 saturated heterocycles. The van der Waals surface area contributed by atoms with Gasteiger partial charge < -0.3 is 4.57 Å². The van der Waals surface area contributed by atoms with Crippen LogP contribution < -0.4 is 0 Å². The van der Waals surface area contributed by atoms with E-state index in [4.69, 9.17) is 9.97 Å². The summed E-state index contributed by atoms with van der Waals surface area (Å²) < 4.78 is 2.61. The average Bonchev–Trinajstić information content (AvgIpc) is 3.78. The molecule has 11 aromatic rings. The van der Waals surface area contributed by atoms with Crippen LogP contribution in [0.4, 0.5) is 0 Å². The Morgan fingerprint density at radius 1 is 0.487 bits per heavy atom. The van der Waals surface area contributed by atoms with Crippen molar-refractivity contribution in [3.8, 4) is 50.5 Å². The molecule has 0 radical (unpaired) electrons. The smallest absolute Gasteiger partial charge is 0.159 e. The molecule has 0 bridgehead atoms. The molecule has 0 saturated carbocycles. The number of para-hydroxylation sites is 1. The average molecular weight is 1000 g/mol. The van der Waals surface area contributed by atoms with Gasteiger partial charge in [0.2, 0.25) is 0 Å². The normalized spacial score (nSPS) is 17.4. The van der Waals surface area contributed by atoms with E-state index < -0.39 is 0 Å². The van der Waals surface area contributed by atoms with Crippen molar-refractivity contribution in [3.05, 3.63) is 286 Å². The van der Waals surface area contributed by atoms with Crippen molar-refractivity contribution in [2.75, 3.05) is 0 Å². The second-order valence-electron chi connectivity index (χ2n) is 22.2. The lowest BCUT2D eigenvalue weighted by Crippen LogP contribution is -2.17. The Morgan fingerprint density at radius 3 is 1.90 bits per heavy atom. The van der Waals surface area contributed by atoms with Crippen LogP contribution in [0.15, 0.2) is 230 Å². The van der Waals surface area contributed by atoms with E-state index in [2.05, 4.69) is 236 Å². The summed E-state index contributed by atoms with van der Waals surface area (Å²) in [6.07, 6.45) is 10.4. The van der Waals surface area contributed by atoms with Crippen molar-refractivity contribution in [1.82, 2.24) is 14.5 Å². The van der Waals surface area contributed by atoms with Crippen molar-refractivity contribution in [2.45, 2.75) is 75.9 Å². The predicted octanol–water partition coefficient (Wildman–Crippen LogP) is 18.0. The van der Waals surface area contributed by atoms with Crippen LogP contribution in [0.1, 0.15) is 106 Å². The number of rotatable bonds is 7. The molecule has 1 aliphatic heterocycles. The predicted molar refractivity (Wildman–Crippen MR) is 326 cm³/mol. The molecule has 0 spiro atoms.